The number of carboxylic acids is 1. The Morgan fingerprint density at radius 2 is 1.09 bits per heavy atom. The van der Waals surface area contributed by atoms with Crippen LogP contribution in [-0.2, 0) is 98.3 Å². The number of aryl methyl sites for hydroxylation is 7. The topological polar surface area (TPSA) is 287 Å². The number of carboxylic acid groups (broad SMARTS) is 1. The smallest absolute Gasteiger partial charge is 0.332 e. The molecule has 0 saturated heterocycles. The van der Waals surface area contributed by atoms with Crippen LogP contribution < -0.4 is 33.5 Å². The lowest BCUT2D eigenvalue weighted by Gasteiger charge is -2.08. The zero-order valence-corrected chi connectivity index (χ0v) is 41.9. The number of hydrogen-bond acceptors (Lipinski definition) is 13. The number of aromatic nitrogens is 16. The molecule has 0 spiro atoms. The summed E-state index contributed by atoms with van der Waals surface area (Å²) in [5.74, 6) is 1.77. The highest BCUT2D eigenvalue weighted by molar-refractivity contribution is 14.1. The van der Waals surface area contributed by atoms with E-state index in [0.717, 1.165) is 33.6 Å². The summed E-state index contributed by atoms with van der Waals surface area (Å²) >= 11 is 1.96. The van der Waals surface area contributed by atoms with Gasteiger partial charge >= 0.3 is 17.3 Å². The van der Waals surface area contributed by atoms with Gasteiger partial charge in [-0.3, -0.25) is 37.4 Å². The zero-order valence-electron chi connectivity index (χ0n) is 40.7. The van der Waals surface area contributed by atoms with Crippen LogP contribution in [0.15, 0.2) is 87.7 Å². The monoisotopic (exact) mass is 1060 g/mol. The van der Waals surface area contributed by atoms with Gasteiger partial charge in [0.1, 0.15) is 30.6 Å². The summed E-state index contributed by atoms with van der Waals surface area (Å²) in [5, 5.41) is 11.5. The first-order chi connectivity index (χ1) is 32.8. The van der Waals surface area contributed by atoms with Crippen LogP contribution in [0.2, 0.25) is 0 Å². The number of carbonyl (C=O) groups is 2. The lowest BCUT2D eigenvalue weighted by atomic mass is 10.3. The Hall–Kier alpha value is -7.23. The lowest BCUT2D eigenvalue weighted by molar-refractivity contribution is -0.137. The first kappa shape index (κ1) is 53.4. The maximum Gasteiger partial charge on any atom is 0.332 e. The van der Waals surface area contributed by atoms with Crippen LogP contribution in [-0.4, -0.2) is 111 Å². The van der Waals surface area contributed by atoms with Crippen LogP contribution in [0.5, 0.6) is 0 Å². The number of fused-ring (bicyclic) bond motifs is 2. The third kappa shape index (κ3) is 14.6. The van der Waals surface area contributed by atoms with Gasteiger partial charge in [-0.05, 0) is 17.9 Å². The molecule has 0 fully saturated rings. The Kier molecular flexibility index (Phi) is 21.0. The summed E-state index contributed by atoms with van der Waals surface area (Å²) in [4.78, 5) is 95.1. The van der Waals surface area contributed by atoms with E-state index in [4.69, 9.17) is 12.2 Å². The molecular weight excluding hydrogens is 995 g/mol. The van der Waals surface area contributed by atoms with E-state index in [0.29, 0.717) is 24.4 Å². The van der Waals surface area contributed by atoms with Crippen LogP contribution >= 0.6 is 22.6 Å². The Morgan fingerprint density at radius 3 is 1.44 bits per heavy atom. The number of halogens is 1. The van der Waals surface area contributed by atoms with Crippen LogP contribution in [0.4, 0.5) is 0 Å². The number of nitrogens with one attached hydrogen (secondary N) is 1. The van der Waals surface area contributed by atoms with Gasteiger partial charge in [0.05, 0.1) is 19.0 Å². The van der Waals surface area contributed by atoms with Crippen molar-refractivity contribution in [2.24, 2.45) is 62.1 Å². The van der Waals surface area contributed by atoms with Crippen molar-refractivity contribution in [3.05, 3.63) is 128 Å². The molecule has 368 valence electrons. The fourth-order valence-electron chi connectivity index (χ4n) is 6.29. The van der Waals surface area contributed by atoms with E-state index in [1.807, 2.05) is 95.5 Å². The van der Waals surface area contributed by atoms with Crippen LogP contribution in [0.25, 0.3) is 22.3 Å². The van der Waals surface area contributed by atoms with E-state index in [2.05, 4.69) is 46.7 Å². The number of carbonyl (C=O) groups excluding carboxylic acids is 1. The number of aliphatic carboxylic acids is 1. The van der Waals surface area contributed by atoms with Crippen molar-refractivity contribution in [1.82, 2.24) is 80.9 Å². The minimum absolute atomic E-state index is 0.0511. The van der Waals surface area contributed by atoms with Crippen molar-refractivity contribution in [2.75, 3.05) is 18.0 Å². The highest BCUT2D eigenvalue weighted by atomic mass is 127. The highest BCUT2D eigenvalue weighted by Crippen LogP contribution is 2.06. The third-order valence-electron chi connectivity index (χ3n) is 9.97. The molecule has 4 N–H and O–H groups in total. The molecule has 26 heteroatoms. The first-order valence-electron chi connectivity index (χ1n) is 21.6. The molecule has 0 aliphatic rings. The fraction of sp³-hybridized carbons (Fsp3) is 0.429. The zero-order chi connectivity index (χ0) is 51.4. The van der Waals surface area contributed by atoms with Gasteiger partial charge in [-0.1, -0.05) is 29.5 Å². The molecule has 0 aliphatic carbocycles. The van der Waals surface area contributed by atoms with Crippen molar-refractivity contribution in [2.45, 2.75) is 45.7 Å². The van der Waals surface area contributed by atoms with Crippen LogP contribution in [0, 0.1) is 0 Å². The van der Waals surface area contributed by atoms with E-state index in [-0.39, 0.29) is 41.3 Å². The maximum absolute atomic E-state index is 12.3. The van der Waals surface area contributed by atoms with Gasteiger partial charge in [0.25, 0.3) is 11.1 Å². The fourth-order valence-corrected chi connectivity index (χ4v) is 6.29. The molecule has 0 saturated carbocycles. The number of imidazole rings is 6. The van der Waals surface area contributed by atoms with E-state index in [1.54, 1.807) is 24.9 Å². The number of nitrogens with two attached hydrogens (primary N) is 1. The molecule has 8 rings (SSSR count). The number of hydrogen-bond donors (Lipinski definition) is 3. The second-order valence-electron chi connectivity index (χ2n) is 14.9. The molecule has 8 aromatic rings. The van der Waals surface area contributed by atoms with Crippen molar-refractivity contribution >= 4 is 56.8 Å². The molecule has 0 bridgehead atoms. The predicted molar refractivity (Wildman–Crippen MR) is 264 cm³/mol. The summed E-state index contributed by atoms with van der Waals surface area (Å²) in [5.41, 5.74) is 4.12. The molecule has 8 aromatic heterocycles. The SMILES string of the molecule is CCCc1nccn1C.Cn1c(=O)c2c(ncn2CC(=O)O)n(C)c1=O.Cn1ccnc1.Cn1ccnc1CCN.Cn1ccnc1CCNC(=O)Cn1cnc2c1c(=O)n(C)c(=O)n2C.[2H]CI. The summed E-state index contributed by atoms with van der Waals surface area (Å²) in [7, 11) is 13.6. The summed E-state index contributed by atoms with van der Waals surface area (Å²) in [6.45, 7) is 2.85. The van der Waals surface area contributed by atoms with E-state index in [9.17, 15) is 28.8 Å². The average Bonchev–Trinajstić information content (AvgIpc) is 4.20. The number of amides is 1. The molecule has 25 nitrogen and oxygen atoms in total. The number of nitrogens with zero attached hydrogens (tertiary/aromatic N) is 16. The van der Waals surface area contributed by atoms with E-state index < -0.39 is 28.5 Å². The Morgan fingerprint density at radius 1 is 0.647 bits per heavy atom. The Bertz CT molecular complexity index is 3070. The van der Waals surface area contributed by atoms with E-state index >= 15 is 0 Å². The number of alkyl halides is 1. The van der Waals surface area contributed by atoms with Gasteiger partial charge in [0.2, 0.25) is 5.91 Å². The Balaban J connectivity index is 0.000000246. The second kappa shape index (κ2) is 26.8. The molecule has 0 radical (unpaired) electrons. The number of rotatable bonds is 11. The second-order valence-corrected chi connectivity index (χ2v) is 14.9. The molecule has 0 aromatic carbocycles. The van der Waals surface area contributed by atoms with Crippen molar-refractivity contribution in [1.29, 1.82) is 0 Å². The van der Waals surface area contributed by atoms with Gasteiger partial charge in [-0.25, -0.2) is 39.5 Å². The third-order valence-corrected chi connectivity index (χ3v) is 9.97. The molecular formula is C42H61IN18O7. The van der Waals surface area contributed by atoms with Gasteiger partial charge in [-0.15, -0.1) is 0 Å². The molecule has 0 atom stereocenters. The quantitative estimate of drug-likeness (QED) is 0.112. The van der Waals surface area contributed by atoms with Gasteiger partial charge < -0.3 is 43.6 Å². The molecule has 8 heterocycles. The van der Waals surface area contributed by atoms with Crippen molar-refractivity contribution in [3.63, 3.8) is 0 Å². The molecule has 68 heavy (non-hydrogen) atoms. The standard InChI is InChI=1S/C15H19N7O3.C9H10N4O4.C7H12N2.C6H11N3.C4H6N2.CH3I/c1-19-7-6-16-10(19)4-5-17-11(23)8-22-9-18-13-12(22)14(24)21(3)15(25)20(13)2;1-11-7-6(8(16)12(2)9(11)17)13(4-10-7)3-5(14)15;1-3-4-7-8-5-6-9(7)2;1-9-5-4-8-6(9)2-3-7;1-6-3-2-5-4-6;1-2/h6-7,9H,4-5,8H2,1-3H3,(H,17,23);4H,3H2,1-2H3,(H,14,15);5-6H,3-4H2,1-2H3;4-5H,2-3,7H2,1H3;2-4H,1H3;1H3/i;;;;;1D. The van der Waals surface area contributed by atoms with Gasteiger partial charge in [-0.2, -0.15) is 0 Å². The predicted octanol–water partition coefficient (Wildman–Crippen LogP) is -0.190. The van der Waals surface area contributed by atoms with E-state index in [1.165, 1.54) is 71.4 Å². The summed E-state index contributed by atoms with van der Waals surface area (Å²) in [6, 6.07) is 0. The van der Waals surface area contributed by atoms with Crippen molar-refractivity contribution < 1.29 is 16.1 Å². The van der Waals surface area contributed by atoms with Gasteiger partial charge in [0, 0.05) is 133 Å². The highest BCUT2D eigenvalue weighted by Gasteiger charge is 2.17. The van der Waals surface area contributed by atoms with Crippen molar-refractivity contribution in [3.8, 4) is 0 Å². The average molecular weight is 1060 g/mol. The first-order valence-corrected chi connectivity index (χ1v) is 22.4. The molecule has 0 unspecified atom stereocenters. The molecule has 0 aliphatic heterocycles. The molecule has 1 amide bonds. The minimum Gasteiger partial charge on any atom is -0.480 e. The van der Waals surface area contributed by atoms with Crippen LogP contribution in [0.3, 0.4) is 0 Å². The minimum atomic E-state index is -1.08. The summed E-state index contributed by atoms with van der Waals surface area (Å²) < 4.78 is 21.1. The normalized spacial score (nSPS) is 10.5. The van der Waals surface area contributed by atoms with Gasteiger partial charge in [0.15, 0.2) is 22.3 Å². The lowest BCUT2D eigenvalue weighted by Crippen LogP contribution is -2.38. The Labute approximate surface area is 405 Å². The summed E-state index contributed by atoms with van der Waals surface area (Å²) in [6.07, 6.45) is 22.8. The maximum atomic E-state index is 12.3. The van der Waals surface area contributed by atoms with Crippen LogP contribution in [0.1, 0.15) is 32.2 Å². The largest absolute Gasteiger partial charge is 0.480 e.